The van der Waals surface area contributed by atoms with Crippen LogP contribution >= 0.6 is 15.9 Å². The van der Waals surface area contributed by atoms with Crippen LogP contribution in [0.3, 0.4) is 0 Å². The predicted molar refractivity (Wildman–Crippen MR) is 52.1 cm³/mol. The SMILES string of the molecule is COC(=O)c1c(Br)ccc(OC(F)F)c1F. The molecule has 0 saturated carbocycles. The van der Waals surface area contributed by atoms with Crippen LogP contribution in [0.2, 0.25) is 0 Å². The summed E-state index contributed by atoms with van der Waals surface area (Å²) in [5.41, 5.74) is -0.486. The first-order valence-electron chi connectivity index (χ1n) is 3.98. The lowest BCUT2D eigenvalue weighted by Crippen LogP contribution is -2.10. The fraction of sp³-hybridized carbons (Fsp3) is 0.222. The van der Waals surface area contributed by atoms with Crippen molar-refractivity contribution in [1.82, 2.24) is 0 Å². The summed E-state index contributed by atoms with van der Waals surface area (Å²) in [6.45, 7) is -3.17. The van der Waals surface area contributed by atoms with Crippen molar-refractivity contribution in [1.29, 1.82) is 0 Å². The lowest BCUT2D eigenvalue weighted by atomic mass is 10.2. The molecule has 3 nitrogen and oxygen atoms in total. The minimum Gasteiger partial charge on any atom is -0.465 e. The van der Waals surface area contributed by atoms with E-state index < -0.39 is 29.7 Å². The number of hydrogen-bond donors (Lipinski definition) is 0. The highest BCUT2D eigenvalue weighted by molar-refractivity contribution is 9.10. The molecular formula is C9H6BrF3O3. The zero-order chi connectivity index (χ0) is 12.3. The van der Waals surface area contributed by atoms with Gasteiger partial charge in [0.05, 0.1) is 7.11 Å². The maximum absolute atomic E-state index is 13.5. The highest BCUT2D eigenvalue weighted by Crippen LogP contribution is 2.29. The van der Waals surface area contributed by atoms with Gasteiger partial charge in [0.25, 0.3) is 0 Å². The van der Waals surface area contributed by atoms with Crippen LogP contribution in [0.25, 0.3) is 0 Å². The van der Waals surface area contributed by atoms with Crippen molar-refractivity contribution in [2.24, 2.45) is 0 Å². The van der Waals surface area contributed by atoms with Gasteiger partial charge in [0.2, 0.25) is 0 Å². The van der Waals surface area contributed by atoms with E-state index in [0.717, 1.165) is 13.2 Å². The summed E-state index contributed by atoms with van der Waals surface area (Å²) in [6, 6.07) is 2.20. The molecule has 0 fully saturated rings. The average Bonchev–Trinajstić information content (AvgIpc) is 2.21. The molecule has 0 saturated heterocycles. The quantitative estimate of drug-likeness (QED) is 0.805. The maximum Gasteiger partial charge on any atom is 0.387 e. The van der Waals surface area contributed by atoms with Crippen LogP contribution < -0.4 is 4.74 Å². The average molecular weight is 299 g/mol. The fourth-order valence-corrected chi connectivity index (χ4v) is 1.48. The largest absolute Gasteiger partial charge is 0.465 e. The normalized spacial score (nSPS) is 10.4. The standard InChI is InChI=1S/C9H6BrF3O3/c1-15-8(14)6-4(10)2-3-5(7(6)11)16-9(12)13/h2-3,9H,1H3. The molecule has 0 atom stereocenters. The van der Waals surface area contributed by atoms with Gasteiger partial charge in [0, 0.05) is 4.47 Å². The molecule has 7 heteroatoms. The molecule has 88 valence electrons. The predicted octanol–water partition coefficient (Wildman–Crippen LogP) is 2.98. The van der Waals surface area contributed by atoms with Crippen LogP contribution in [0.1, 0.15) is 10.4 Å². The maximum atomic E-state index is 13.5. The fourth-order valence-electron chi connectivity index (χ4n) is 1.01. The lowest BCUT2D eigenvalue weighted by molar-refractivity contribution is -0.0523. The molecule has 0 bridgehead atoms. The Bertz CT molecular complexity index is 409. The van der Waals surface area contributed by atoms with Crippen LogP contribution in [0.15, 0.2) is 16.6 Å². The topological polar surface area (TPSA) is 35.5 Å². The van der Waals surface area contributed by atoms with Crippen molar-refractivity contribution < 1.29 is 27.4 Å². The second-order valence-electron chi connectivity index (χ2n) is 2.60. The van der Waals surface area contributed by atoms with Crippen molar-refractivity contribution >= 4 is 21.9 Å². The Kier molecular flexibility index (Phi) is 4.17. The summed E-state index contributed by atoms with van der Waals surface area (Å²) in [5, 5.41) is 0. The zero-order valence-corrected chi connectivity index (χ0v) is 9.55. The molecule has 0 unspecified atom stereocenters. The molecule has 0 radical (unpaired) electrons. The number of ether oxygens (including phenoxy) is 2. The van der Waals surface area contributed by atoms with Gasteiger partial charge >= 0.3 is 12.6 Å². The third-order valence-corrected chi connectivity index (χ3v) is 2.32. The zero-order valence-electron chi connectivity index (χ0n) is 7.97. The smallest absolute Gasteiger partial charge is 0.387 e. The second kappa shape index (κ2) is 5.20. The van der Waals surface area contributed by atoms with Crippen LogP contribution in [-0.2, 0) is 4.74 Å². The Balaban J connectivity index is 3.21. The molecule has 0 aliphatic rings. The van der Waals surface area contributed by atoms with E-state index in [1.165, 1.54) is 6.07 Å². The van der Waals surface area contributed by atoms with E-state index in [9.17, 15) is 18.0 Å². The number of alkyl halides is 2. The number of carbonyl (C=O) groups excluding carboxylic acids is 1. The number of methoxy groups -OCH3 is 1. The summed E-state index contributed by atoms with van der Waals surface area (Å²) in [7, 11) is 1.05. The van der Waals surface area contributed by atoms with E-state index in [0.29, 0.717) is 0 Å². The van der Waals surface area contributed by atoms with Gasteiger partial charge < -0.3 is 9.47 Å². The molecular weight excluding hydrogens is 293 g/mol. The Morgan fingerprint density at radius 1 is 1.44 bits per heavy atom. The van der Waals surface area contributed by atoms with Crippen molar-refractivity contribution in [2.75, 3.05) is 7.11 Å². The minimum atomic E-state index is -3.17. The molecule has 0 heterocycles. The minimum absolute atomic E-state index is 0.0958. The van der Waals surface area contributed by atoms with Crippen molar-refractivity contribution in [3.63, 3.8) is 0 Å². The van der Waals surface area contributed by atoms with E-state index in [-0.39, 0.29) is 4.47 Å². The molecule has 0 N–H and O–H groups in total. The van der Waals surface area contributed by atoms with Gasteiger partial charge in [0.15, 0.2) is 11.6 Å². The van der Waals surface area contributed by atoms with Crippen LogP contribution in [0.4, 0.5) is 13.2 Å². The first-order valence-corrected chi connectivity index (χ1v) is 4.77. The van der Waals surface area contributed by atoms with Gasteiger partial charge in [-0.25, -0.2) is 9.18 Å². The number of esters is 1. The van der Waals surface area contributed by atoms with Gasteiger partial charge in [-0.05, 0) is 28.1 Å². The van der Waals surface area contributed by atoms with Crippen molar-refractivity contribution in [3.05, 3.63) is 28.0 Å². The Morgan fingerprint density at radius 2 is 2.06 bits per heavy atom. The lowest BCUT2D eigenvalue weighted by Gasteiger charge is -2.09. The number of rotatable bonds is 3. The summed E-state index contributed by atoms with van der Waals surface area (Å²) < 4.78 is 45.6. The summed E-state index contributed by atoms with van der Waals surface area (Å²) in [6.07, 6.45) is 0. The summed E-state index contributed by atoms with van der Waals surface area (Å²) in [4.78, 5) is 11.2. The van der Waals surface area contributed by atoms with Gasteiger partial charge in [-0.1, -0.05) is 0 Å². The van der Waals surface area contributed by atoms with Crippen LogP contribution in [-0.4, -0.2) is 19.7 Å². The van der Waals surface area contributed by atoms with E-state index in [1.807, 2.05) is 0 Å². The molecule has 1 rings (SSSR count). The van der Waals surface area contributed by atoms with E-state index in [2.05, 4.69) is 25.4 Å². The highest BCUT2D eigenvalue weighted by Gasteiger charge is 2.21. The Morgan fingerprint density at radius 3 is 2.56 bits per heavy atom. The second-order valence-corrected chi connectivity index (χ2v) is 3.46. The van der Waals surface area contributed by atoms with Gasteiger partial charge in [-0.3, -0.25) is 0 Å². The highest BCUT2D eigenvalue weighted by atomic mass is 79.9. The Hall–Kier alpha value is -1.24. The number of carbonyl (C=O) groups is 1. The number of hydrogen-bond acceptors (Lipinski definition) is 3. The first-order chi connectivity index (χ1) is 7.47. The van der Waals surface area contributed by atoms with E-state index in [1.54, 1.807) is 0 Å². The third-order valence-electron chi connectivity index (χ3n) is 1.66. The first kappa shape index (κ1) is 12.8. The van der Waals surface area contributed by atoms with Crippen molar-refractivity contribution in [3.8, 4) is 5.75 Å². The Labute approximate surface area is 97.3 Å². The van der Waals surface area contributed by atoms with E-state index in [4.69, 9.17) is 0 Å². The van der Waals surface area contributed by atoms with Gasteiger partial charge in [0.1, 0.15) is 5.56 Å². The number of halogens is 4. The molecule has 0 amide bonds. The molecule has 1 aromatic rings. The molecule has 0 aromatic heterocycles. The van der Waals surface area contributed by atoms with Gasteiger partial charge in [-0.2, -0.15) is 8.78 Å². The number of benzene rings is 1. The third kappa shape index (κ3) is 2.66. The molecule has 0 aliphatic heterocycles. The van der Waals surface area contributed by atoms with Crippen molar-refractivity contribution in [2.45, 2.75) is 6.61 Å². The van der Waals surface area contributed by atoms with Gasteiger partial charge in [-0.15, -0.1) is 0 Å². The summed E-state index contributed by atoms with van der Waals surface area (Å²) in [5.74, 6) is -2.88. The summed E-state index contributed by atoms with van der Waals surface area (Å²) >= 11 is 2.91. The van der Waals surface area contributed by atoms with E-state index >= 15 is 0 Å². The molecule has 0 aliphatic carbocycles. The monoisotopic (exact) mass is 298 g/mol. The molecule has 0 spiro atoms. The molecule has 1 aromatic carbocycles. The van der Waals surface area contributed by atoms with Crippen LogP contribution in [0, 0.1) is 5.82 Å². The van der Waals surface area contributed by atoms with Crippen LogP contribution in [0.5, 0.6) is 5.75 Å². The molecule has 16 heavy (non-hydrogen) atoms.